The van der Waals surface area contributed by atoms with Crippen LogP contribution in [0.2, 0.25) is 0 Å². The average molecular weight is 194 g/mol. The summed E-state index contributed by atoms with van der Waals surface area (Å²) in [6, 6.07) is 0. The van der Waals surface area contributed by atoms with Crippen molar-refractivity contribution in [3.63, 3.8) is 0 Å². The van der Waals surface area contributed by atoms with E-state index in [1.165, 1.54) is 0 Å². The van der Waals surface area contributed by atoms with Gasteiger partial charge in [0.25, 0.3) is 0 Å². The molecule has 0 atom stereocenters. The van der Waals surface area contributed by atoms with Gasteiger partial charge in [0.2, 0.25) is 0 Å². The molecular formula is C5H10N2O4S. The number of unbranched alkanes of at least 4 members (excludes halogenated alkanes) is 1. The minimum absolute atomic E-state index is 0.267. The molecule has 0 aromatic rings. The Balaban J connectivity index is 3.54. The van der Waals surface area contributed by atoms with E-state index in [1.807, 2.05) is 6.92 Å². The van der Waals surface area contributed by atoms with Crippen molar-refractivity contribution in [2.24, 2.45) is 4.47 Å². The van der Waals surface area contributed by atoms with Gasteiger partial charge in [-0.05, 0) is 10.9 Å². The maximum absolute atomic E-state index is 10.5. The zero-order valence-corrected chi connectivity index (χ0v) is 7.43. The quantitative estimate of drug-likeness (QED) is 0.521. The van der Waals surface area contributed by atoms with Crippen molar-refractivity contribution in [3.8, 4) is 0 Å². The lowest BCUT2D eigenvalue weighted by Crippen LogP contribution is -2.18. The molecule has 0 radical (unpaired) electrons. The first-order valence-electron chi connectivity index (χ1n) is 3.39. The Morgan fingerprint density at radius 3 is 2.75 bits per heavy atom. The van der Waals surface area contributed by atoms with Crippen LogP contribution < -0.4 is 5.43 Å². The van der Waals surface area contributed by atoms with Crippen LogP contribution in [0.3, 0.4) is 0 Å². The normalized spacial score (nSPS) is 8.75. The Morgan fingerprint density at radius 2 is 2.25 bits per heavy atom. The van der Waals surface area contributed by atoms with E-state index < -0.39 is 16.6 Å². The molecule has 0 heterocycles. The zero-order chi connectivity index (χ0) is 9.40. The highest BCUT2D eigenvalue weighted by atomic mass is 32.2. The molecule has 12 heavy (non-hydrogen) atoms. The minimum atomic E-state index is -2.63. The summed E-state index contributed by atoms with van der Waals surface area (Å²) in [6.45, 7) is 2.21. The summed E-state index contributed by atoms with van der Waals surface area (Å²) in [4.78, 5) is 10.5. The fourth-order valence-electron chi connectivity index (χ4n) is 0.416. The van der Waals surface area contributed by atoms with E-state index in [9.17, 15) is 13.2 Å². The molecule has 0 aromatic heterocycles. The molecule has 0 bridgehead atoms. The third-order valence-electron chi connectivity index (χ3n) is 0.943. The summed E-state index contributed by atoms with van der Waals surface area (Å²) in [5.41, 5.74) is 1.69. The first-order chi connectivity index (χ1) is 5.66. The number of carbonyl (C=O) groups is 1. The molecule has 0 rings (SSSR count). The van der Waals surface area contributed by atoms with E-state index >= 15 is 0 Å². The molecule has 0 aliphatic rings. The highest BCUT2D eigenvalue weighted by molar-refractivity contribution is 7.61. The van der Waals surface area contributed by atoms with E-state index in [1.54, 1.807) is 5.43 Å². The van der Waals surface area contributed by atoms with Crippen molar-refractivity contribution in [1.82, 2.24) is 5.43 Å². The molecule has 0 unspecified atom stereocenters. The summed E-state index contributed by atoms with van der Waals surface area (Å²) in [5, 5.41) is 0. The SMILES string of the molecule is CCCCOC(=O)NN=S(=O)=O. The van der Waals surface area contributed by atoms with Crippen LogP contribution in [-0.4, -0.2) is 21.1 Å². The molecule has 1 amide bonds. The monoisotopic (exact) mass is 194 g/mol. The molecule has 7 heteroatoms. The fourth-order valence-corrected chi connectivity index (χ4v) is 0.565. The maximum Gasteiger partial charge on any atom is 0.428 e. The number of nitrogens with one attached hydrogen (secondary N) is 1. The standard InChI is InChI=1S/C5H10N2O4S/c1-2-3-4-11-5(8)6-7-12(9)10/h2-4H2,1H3,(H,6,8). The van der Waals surface area contributed by atoms with E-state index in [4.69, 9.17) is 0 Å². The van der Waals surface area contributed by atoms with Crippen LogP contribution >= 0.6 is 0 Å². The first kappa shape index (κ1) is 10.9. The van der Waals surface area contributed by atoms with Crippen LogP contribution in [0.25, 0.3) is 0 Å². The predicted molar refractivity (Wildman–Crippen MR) is 40.7 cm³/mol. The van der Waals surface area contributed by atoms with Crippen molar-refractivity contribution in [3.05, 3.63) is 0 Å². The second-order valence-electron chi connectivity index (χ2n) is 1.91. The molecule has 0 saturated heterocycles. The third-order valence-corrected chi connectivity index (χ3v) is 1.18. The number of carbonyl (C=O) groups excluding carboxylic acids is 1. The molecule has 0 aromatic carbocycles. The largest absolute Gasteiger partial charge is 0.448 e. The second kappa shape index (κ2) is 6.59. The molecule has 6 nitrogen and oxygen atoms in total. The maximum atomic E-state index is 10.5. The molecular weight excluding hydrogens is 184 g/mol. The van der Waals surface area contributed by atoms with E-state index in [2.05, 4.69) is 9.21 Å². The molecule has 0 spiro atoms. The van der Waals surface area contributed by atoms with Gasteiger partial charge in [0.05, 0.1) is 6.61 Å². The number of ether oxygens (including phenoxy) is 1. The predicted octanol–water partition coefficient (Wildman–Crippen LogP) is 0.490. The van der Waals surface area contributed by atoms with Crippen LogP contribution in [0.5, 0.6) is 0 Å². The molecule has 1 N–H and O–H groups in total. The summed E-state index contributed by atoms with van der Waals surface area (Å²) < 4.78 is 26.8. The van der Waals surface area contributed by atoms with Gasteiger partial charge in [0, 0.05) is 0 Å². The highest BCUT2D eigenvalue weighted by Crippen LogP contribution is 1.87. The van der Waals surface area contributed by atoms with Crippen molar-refractivity contribution < 1.29 is 17.9 Å². The lowest BCUT2D eigenvalue weighted by molar-refractivity contribution is 0.145. The van der Waals surface area contributed by atoms with E-state index in [0.717, 1.165) is 12.8 Å². The number of amides is 1. The average Bonchev–Trinajstić information content (AvgIpc) is 2.01. The molecule has 70 valence electrons. The van der Waals surface area contributed by atoms with Gasteiger partial charge in [-0.1, -0.05) is 13.3 Å². The lowest BCUT2D eigenvalue weighted by atomic mass is 10.4. The Bertz CT molecular complexity index is 251. The van der Waals surface area contributed by atoms with E-state index in [-0.39, 0.29) is 6.61 Å². The Morgan fingerprint density at radius 1 is 1.58 bits per heavy atom. The van der Waals surface area contributed by atoms with Gasteiger partial charge in [-0.25, -0.2) is 4.79 Å². The fraction of sp³-hybridized carbons (Fsp3) is 0.800. The number of rotatable bonds is 4. The molecule has 0 saturated carbocycles. The van der Waals surface area contributed by atoms with Crippen molar-refractivity contribution >= 4 is 16.6 Å². The van der Waals surface area contributed by atoms with Gasteiger partial charge >= 0.3 is 16.6 Å². The topological polar surface area (TPSA) is 84.8 Å². The van der Waals surface area contributed by atoms with Gasteiger partial charge in [-0.3, -0.25) is 0 Å². The first-order valence-corrected chi connectivity index (χ1v) is 4.43. The van der Waals surface area contributed by atoms with Crippen molar-refractivity contribution in [1.29, 1.82) is 0 Å². The summed E-state index contributed by atoms with van der Waals surface area (Å²) >= 11 is 0. The van der Waals surface area contributed by atoms with Crippen LogP contribution in [0.15, 0.2) is 4.47 Å². The summed E-state index contributed by atoms with van der Waals surface area (Å²) in [6.07, 6.45) is 0.791. The van der Waals surface area contributed by atoms with Crippen molar-refractivity contribution in [2.45, 2.75) is 19.8 Å². The van der Waals surface area contributed by atoms with Crippen LogP contribution in [0, 0.1) is 0 Å². The molecule has 0 fully saturated rings. The van der Waals surface area contributed by atoms with E-state index in [0.29, 0.717) is 0 Å². The van der Waals surface area contributed by atoms with Crippen LogP contribution in [-0.2, 0) is 15.2 Å². The van der Waals surface area contributed by atoms with Gasteiger partial charge < -0.3 is 4.74 Å². The Labute approximate surface area is 71.6 Å². The highest BCUT2D eigenvalue weighted by Gasteiger charge is 1.97. The summed E-state index contributed by atoms with van der Waals surface area (Å²) in [7, 11) is -2.63. The smallest absolute Gasteiger partial charge is 0.428 e. The van der Waals surface area contributed by atoms with Gasteiger partial charge in [0.1, 0.15) is 0 Å². The molecule has 0 aliphatic heterocycles. The summed E-state index contributed by atoms with van der Waals surface area (Å²) in [5.74, 6) is 0. The zero-order valence-electron chi connectivity index (χ0n) is 6.61. The molecule has 0 aliphatic carbocycles. The van der Waals surface area contributed by atoms with Gasteiger partial charge in [0.15, 0.2) is 0 Å². The number of hydrogen-bond acceptors (Lipinski definition) is 5. The lowest BCUT2D eigenvalue weighted by Gasteiger charge is -1.99. The van der Waals surface area contributed by atoms with Gasteiger partial charge in [-0.2, -0.15) is 13.8 Å². The van der Waals surface area contributed by atoms with Crippen LogP contribution in [0.4, 0.5) is 4.79 Å². The van der Waals surface area contributed by atoms with Crippen LogP contribution in [0.1, 0.15) is 19.8 Å². The van der Waals surface area contributed by atoms with Crippen molar-refractivity contribution in [2.75, 3.05) is 6.61 Å². The van der Waals surface area contributed by atoms with Gasteiger partial charge in [-0.15, -0.1) is 0 Å². The Hall–Kier alpha value is -1.11. The minimum Gasteiger partial charge on any atom is -0.448 e. The number of nitrogens with zero attached hydrogens (tertiary/aromatic N) is 1. The Kier molecular flexibility index (Phi) is 5.98. The number of hydrogen-bond donors (Lipinski definition) is 1. The second-order valence-corrected chi connectivity index (χ2v) is 2.53. The third kappa shape index (κ3) is 7.00.